The molecule has 0 radical (unpaired) electrons. The lowest BCUT2D eigenvalue weighted by atomic mass is 10.1. The Morgan fingerprint density at radius 3 is 2.81 bits per heavy atom. The molecular weight excluding hydrogens is 424 g/mol. The predicted molar refractivity (Wildman–Crippen MR) is 113 cm³/mol. The highest BCUT2D eigenvalue weighted by Gasteiger charge is 2.42. The zero-order valence-electron chi connectivity index (χ0n) is 15.0. The summed E-state index contributed by atoms with van der Waals surface area (Å²) in [5.41, 5.74) is 0. The van der Waals surface area contributed by atoms with Gasteiger partial charge in [0.15, 0.2) is 9.84 Å². The average molecular weight is 445 g/mol. The highest BCUT2D eigenvalue weighted by atomic mass is 32.2. The van der Waals surface area contributed by atoms with E-state index in [-0.39, 0.29) is 29.4 Å². The van der Waals surface area contributed by atoms with Crippen LogP contribution in [0.1, 0.15) is 25.1 Å². The van der Waals surface area contributed by atoms with Gasteiger partial charge in [-0.05, 0) is 37.8 Å². The number of carbonyl (C=O) groups is 2. The monoisotopic (exact) mass is 444 g/mol. The number of hydrogen-bond acceptors (Lipinski definition) is 7. The first-order valence-electron chi connectivity index (χ1n) is 8.55. The van der Waals surface area contributed by atoms with Crippen LogP contribution in [0.3, 0.4) is 0 Å². The summed E-state index contributed by atoms with van der Waals surface area (Å²) in [4.78, 5) is 30.2. The molecule has 2 aliphatic heterocycles. The fourth-order valence-corrected chi connectivity index (χ4v) is 7.15. The summed E-state index contributed by atoms with van der Waals surface area (Å²) in [6, 6.07) is 2.70. The van der Waals surface area contributed by atoms with Gasteiger partial charge in [0.05, 0.1) is 16.4 Å². The van der Waals surface area contributed by atoms with Gasteiger partial charge in [-0.2, -0.15) is 0 Å². The van der Waals surface area contributed by atoms with E-state index in [9.17, 15) is 18.0 Å². The Hall–Kier alpha value is -1.23. The molecule has 0 spiro atoms. The summed E-state index contributed by atoms with van der Waals surface area (Å²) in [6.45, 7) is 3.85. The summed E-state index contributed by atoms with van der Waals surface area (Å²) in [7, 11) is -3.10. The third kappa shape index (κ3) is 4.28. The van der Waals surface area contributed by atoms with Crippen molar-refractivity contribution < 1.29 is 18.0 Å². The standard InChI is InChI=1S/C17H20N2O4S4/c1-3-18(12-6-8-27(22,23)10-12)15(20)11(2)19-16(21)14(26-17(19)24)9-13-5-4-7-25-13/h4-5,7,9,11-12H,3,6,8,10H2,1-2H3/b14-9+/t11-,12+/m0/s1. The summed E-state index contributed by atoms with van der Waals surface area (Å²) >= 11 is 8.05. The maximum Gasteiger partial charge on any atom is 0.266 e. The number of amides is 2. The van der Waals surface area contributed by atoms with Crippen molar-refractivity contribution in [2.45, 2.75) is 32.4 Å². The molecule has 6 nitrogen and oxygen atoms in total. The molecule has 2 aliphatic rings. The highest BCUT2D eigenvalue weighted by molar-refractivity contribution is 8.26. The van der Waals surface area contributed by atoms with E-state index in [2.05, 4.69) is 0 Å². The van der Waals surface area contributed by atoms with Gasteiger partial charge in [0.25, 0.3) is 5.91 Å². The van der Waals surface area contributed by atoms with Crippen molar-refractivity contribution in [3.63, 3.8) is 0 Å². The van der Waals surface area contributed by atoms with Crippen LogP contribution in [0.2, 0.25) is 0 Å². The Morgan fingerprint density at radius 2 is 2.26 bits per heavy atom. The zero-order valence-corrected chi connectivity index (χ0v) is 18.2. The van der Waals surface area contributed by atoms with Crippen molar-refractivity contribution in [3.8, 4) is 0 Å². The quantitative estimate of drug-likeness (QED) is 0.513. The highest BCUT2D eigenvalue weighted by Crippen LogP contribution is 2.35. The van der Waals surface area contributed by atoms with Crippen LogP contribution in [0, 0.1) is 0 Å². The number of sulfone groups is 1. The van der Waals surface area contributed by atoms with E-state index in [1.807, 2.05) is 24.4 Å². The van der Waals surface area contributed by atoms with Crippen molar-refractivity contribution in [1.82, 2.24) is 9.80 Å². The Kier molecular flexibility index (Phi) is 6.09. The minimum Gasteiger partial charge on any atom is -0.337 e. The van der Waals surface area contributed by atoms with Crippen molar-refractivity contribution in [2.75, 3.05) is 18.1 Å². The second kappa shape index (κ2) is 8.02. The van der Waals surface area contributed by atoms with Crippen LogP contribution >= 0.6 is 35.3 Å². The van der Waals surface area contributed by atoms with Crippen molar-refractivity contribution >= 4 is 67.4 Å². The molecule has 2 fully saturated rings. The largest absolute Gasteiger partial charge is 0.337 e. The molecular formula is C17H20N2O4S4. The van der Waals surface area contributed by atoms with Gasteiger partial charge in [-0.15, -0.1) is 11.3 Å². The van der Waals surface area contributed by atoms with Crippen LogP contribution in [0.15, 0.2) is 22.4 Å². The summed E-state index contributed by atoms with van der Waals surface area (Å²) in [5, 5.41) is 1.92. The van der Waals surface area contributed by atoms with E-state index in [0.717, 1.165) is 4.88 Å². The van der Waals surface area contributed by atoms with Crippen LogP contribution in [-0.4, -0.2) is 64.5 Å². The molecule has 0 unspecified atom stereocenters. The molecule has 146 valence electrons. The maximum absolute atomic E-state index is 13.0. The number of thioether (sulfide) groups is 1. The molecule has 0 aliphatic carbocycles. The molecule has 1 aromatic heterocycles. The Morgan fingerprint density at radius 1 is 1.52 bits per heavy atom. The number of nitrogens with zero attached hydrogens (tertiary/aromatic N) is 2. The third-order valence-corrected chi connectivity index (χ3v) is 8.56. The van der Waals surface area contributed by atoms with E-state index in [0.29, 0.717) is 22.2 Å². The summed E-state index contributed by atoms with van der Waals surface area (Å²) in [5.74, 6) is -0.473. The molecule has 27 heavy (non-hydrogen) atoms. The second-order valence-electron chi connectivity index (χ2n) is 6.42. The normalized spacial score (nSPS) is 24.6. The van der Waals surface area contributed by atoms with Crippen molar-refractivity contribution in [1.29, 1.82) is 0 Å². The Balaban J connectivity index is 1.77. The smallest absolute Gasteiger partial charge is 0.266 e. The number of likely N-dealkylation sites (N-methyl/N-ethyl adjacent to an activating group) is 1. The molecule has 3 rings (SSSR count). The molecule has 0 N–H and O–H groups in total. The minimum atomic E-state index is -3.10. The zero-order chi connectivity index (χ0) is 19.8. The van der Waals surface area contributed by atoms with Gasteiger partial charge < -0.3 is 4.90 Å². The second-order valence-corrected chi connectivity index (χ2v) is 11.3. The number of thiophene rings is 1. The van der Waals surface area contributed by atoms with Gasteiger partial charge in [0.1, 0.15) is 10.4 Å². The molecule has 0 bridgehead atoms. The fourth-order valence-electron chi connectivity index (χ4n) is 3.28. The van der Waals surface area contributed by atoms with Crippen LogP contribution in [0.4, 0.5) is 0 Å². The number of hydrogen-bond donors (Lipinski definition) is 0. The van der Waals surface area contributed by atoms with Crippen LogP contribution in [0.25, 0.3) is 6.08 Å². The van der Waals surface area contributed by atoms with Gasteiger partial charge in [0, 0.05) is 17.5 Å². The number of thiocarbonyl (C=S) groups is 1. The molecule has 0 saturated carbocycles. The first-order chi connectivity index (χ1) is 12.7. The van der Waals surface area contributed by atoms with Gasteiger partial charge in [-0.3, -0.25) is 14.5 Å². The molecule has 2 atom stereocenters. The summed E-state index contributed by atoms with van der Waals surface area (Å²) in [6.07, 6.45) is 2.22. The van der Waals surface area contributed by atoms with Gasteiger partial charge >= 0.3 is 0 Å². The van der Waals surface area contributed by atoms with E-state index in [1.165, 1.54) is 28.0 Å². The van der Waals surface area contributed by atoms with E-state index in [1.54, 1.807) is 17.9 Å². The number of carbonyl (C=O) groups excluding carboxylic acids is 2. The van der Waals surface area contributed by atoms with Gasteiger partial charge in [-0.1, -0.05) is 30.0 Å². The molecule has 0 aromatic carbocycles. The van der Waals surface area contributed by atoms with E-state index in [4.69, 9.17) is 12.2 Å². The lowest BCUT2D eigenvalue weighted by Crippen LogP contribution is -2.52. The molecule has 2 saturated heterocycles. The third-order valence-electron chi connectivity index (χ3n) is 4.66. The minimum absolute atomic E-state index is 0.0179. The average Bonchev–Trinajstić information content (AvgIpc) is 3.30. The van der Waals surface area contributed by atoms with Crippen LogP contribution in [-0.2, 0) is 19.4 Å². The Labute approximate surface area is 172 Å². The predicted octanol–water partition coefficient (Wildman–Crippen LogP) is 2.37. The van der Waals surface area contributed by atoms with Gasteiger partial charge in [-0.25, -0.2) is 8.42 Å². The first kappa shape index (κ1) is 20.5. The molecule has 1 aromatic rings. The van der Waals surface area contributed by atoms with E-state index < -0.39 is 15.9 Å². The lowest BCUT2D eigenvalue weighted by Gasteiger charge is -2.32. The van der Waals surface area contributed by atoms with Crippen molar-refractivity contribution in [2.24, 2.45) is 0 Å². The lowest BCUT2D eigenvalue weighted by molar-refractivity contribution is -0.140. The maximum atomic E-state index is 13.0. The van der Waals surface area contributed by atoms with Crippen LogP contribution < -0.4 is 0 Å². The van der Waals surface area contributed by atoms with Gasteiger partial charge in [0.2, 0.25) is 5.91 Å². The fraction of sp³-hybridized carbons (Fsp3) is 0.471. The van der Waals surface area contributed by atoms with Crippen molar-refractivity contribution in [3.05, 3.63) is 27.3 Å². The first-order valence-corrected chi connectivity index (χ1v) is 12.5. The molecule has 10 heteroatoms. The topological polar surface area (TPSA) is 74.8 Å². The van der Waals surface area contributed by atoms with E-state index >= 15 is 0 Å². The summed E-state index contributed by atoms with van der Waals surface area (Å²) < 4.78 is 23.9. The van der Waals surface area contributed by atoms with Crippen LogP contribution in [0.5, 0.6) is 0 Å². The Bertz CT molecular complexity index is 892. The number of rotatable bonds is 5. The molecule has 2 amide bonds. The molecule has 3 heterocycles. The SMILES string of the molecule is CCN(C(=O)[C@H](C)N1C(=O)/C(=C\c2cccs2)SC1=S)[C@@H]1CCS(=O)(=O)C1.